The lowest BCUT2D eigenvalue weighted by atomic mass is 9.90. The molecule has 2 aromatic rings. The number of aryl methyl sites for hydroxylation is 1. The Morgan fingerprint density at radius 1 is 1.12 bits per heavy atom. The Labute approximate surface area is 154 Å². The molecule has 2 fully saturated rings. The third kappa shape index (κ3) is 3.23. The van der Waals surface area contributed by atoms with Crippen molar-refractivity contribution in [1.82, 2.24) is 9.46 Å². The Morgan fingerprint density at radius 2 is 1.92 bits per heavy atom. The third-order valence-electron chi connectivity index (χ3n) is 5.61. The summed E-state index contributed by atoms with van der Waals surface area (Å²) in [5, 5.41) is 3.72. The summed E-state index contributed by atoms with van der Waals surface area (Å²) in [5.41, 5.74) is 1.07. The Balaban J connectivity index is 1.65. The molecule has 0 aliphatic carbocycles. The van der Waals surface area contributed by atoms with Crippen molar-refractivity contribution in [2.24, 2.45) is 5.92 Å². The maximum absolute atomic E-state index is 13.4. The van der Waals surface area contributed by atoms with Gasteiger partial charge >= 0.3 is 0 Å². The molecule has 0 spiro atoms. The zero-order chi connectivity index (χ0) is 18.1. The van der Waals surface area contributed by atoms with Gasteiger partial charge in [-0.3, -0.25) is 0 Å². The van der Waals surface area contributed by atoms with Crippen LogP contribution in [0.3, 0.4) is 0 Å². The number of benzene rings is 1. The van der Waals surface area contributed by atoms with E-state index in [0.717, 1.165) is 37.7 Å². The minimum absolute atomic E-state index is 0.0213. The highest BCUT2D eigenvalue weighted by atomic mass is 32.2. The summed E-state index contributed by atoms with van der Waals surface area (Å²) in [6.07, 6.45) is 10.5. The molecule has 3 unspecified atom stereocenters. The summed E-state index contributed by atoms with van der Waals surface area (Å²) in [5.74, 6) is 0.907. The van der Waals surface area contributed by atoms with Crippen LogP contribution in [0.15, 0.2) is 52.0 Å². The molecule has 5 nitrogen and oxygen atoms in total. The number of hydrogen-bond acceptors (Lipinski definition) is 4. The third-order valence-corrected chi connectivity index (χ3v) is 7.61. The summed E-state index contributed by atoms with van der Waals surface area (Å²) in [6, 6.07) is 9.15. The second-order valence-corrected chi connectivity index (χ2v) is 9.16. The van der Waals surface area contributed by atoms with Gasteiger partial charge in [0.25, 0.3) is 0 Å². The van der Waals surface area contributed by atoms with Gasteiger partial charge in [0.05, 0.1) is 11.1 Å². The van der Waals surface area contributed by atoms with Gasteiger partial charge in [-0.25, -0.2) is 8.42 Å². The van der Waals surface area contributed by atoms with Crippen LogP contribution in [0.2, 0.25) is 0 Å². The van der Waals surface area contributed by atoms with Crippen LogP contribution in [-0.2, 0) is 10.0 Å². The Bertz CT molecular complexity index is 872. The Kier molecular flexibility index (Phi) is 4.71. The molecule has 3 atom stereocenters. The molecule has 0 radical (unpaired) electrons. The second kappa shape index (κ2) is 7.00. The summed E-state index contributed by atoms with van der Waals surface area (Å²) in [4.78, 5) is 0.403. The van der Waals surface area contributed by atoms with E-state index < -0.39 is 10.0 Å². The van der Waals surface area contributed by atoms with E-state index in [1.807, 2.05) is 31.2 Å². The average Bonchev–Trinajstić information content (AvgIpc) is 3.23. The number of nitrogens with zero attached hydrogens (tertiary/aromatic N) is 2. The fourth-order valence-corrected chi connectivity index (χ4v) is 6.25. The molecular weight excluding hydrogens is 348 g/mol. The quantitative estimate of drug-likeness (QED) is 0.813. The normalized spacial score (nSPS) is 27.0. The van der Waals surface area contributed by atoms with Gasteiger partial charge in [-0.2, -0.15) is 4.31 Å². The second-order valence-electron chi connectivity index (χ2n) is 7.32. The van der Waals surface area contributed by atoms with E-state index in [9.17, 15) is 8.42 Å². The zero-order valence-corrected chi connectivity index (χ0v) is 15.7. The fourth-order valence-electron chi connectivity index (χ4n) is 4.31. The van der Waals surface area contributed by atoms with Gasteiger partial charge in [-0.1, -0.05) is 35.3 Å². The van der Waals surface area contributed by atoms with Crippen molar-refractivity contribution < 1.29 is 12.9 Å². The van der Waals surface area contributed by atoms with Crippen molar-refractivity contribution in [1.29, 1.82) is 0 Å². The minimum Gasteiger partial charge on any atom is -0.357 e. The topological polar surface area (TPSA) is 63.4 Å². The van der Waals surface area contributed by atoms with Gasteiger partial charge < -0.3 is 4.52 Å². The van der Waals surface area contributed by atoms with Crippen molar-refractivity contribution in [2.75, 3.05) is 0 Å². The van der Waals surface area contributed by atoms with E-state index in [1.165, 1.54) is 0 Å². The van der Waals surface area contributed by atoms with Crippen molar-refractivity contribution in [3.05, 3.63) is 53.9 Å². The summed E-state index contributed by atoms with van der Waals surface area (Å²) in [6.45, 7) is 1.97. The van der Waals surface area contributed by atoms with Crippen LogP contribution in [0, 0.1) is 12.8 Å². The van der Waals surface area contributed by atoms with Crippen molar-refractivity contribution in [3.8, 4) is 0 Å². The maximum Gasteiger partial charge on any atom is 0.243 e. The lowest BCUT2D eigenvalue weighted by molar-refractivity contribution is 0.295. The summed E-state index contributed by atoms with van der Waals surface area (Å²) < 4.78 is 33.7. The number of aromatic nitrogens is 1. The molecule has 0 amide bonds. The van der Waals surface area contributed by atoms with Gasteiger partial charge in [-0.05, 0) is 56.7 Å². The van der Waals surface area contributed by atoms with E-state index >= 15 is 0 Å². The Morgan fingerprint density at radius 3 is 2.65 bits per heavy atom. The number of rotatable bonds is 4. The van der Waals surface area contributed by atoms with Gasteiger partial charge in [-0.15, -0.1) is 0 Å². The van der Waals surface area contributed by atoms with Crippen molar-refractivity contribution in [2.45, 2.75) is 56.0 Å². The van der Waals surface area contributed by atoms with Crippen LogP contribution in [0.1, 0.15) is 43.4 Å². The molecule has 3 heterocycles. The predicted octanol–water partition coefficient (Wildman–Crippen LogP) is 4.02. The highest BCUT2D eigenvalue weighted by Gasteiger charge is 2.46. The van der Waals surface area contributed by atoms with Crippen LogP contribution in [0.25, 0.3) is 6.08 Å². The molecule has 6 heteroatoms. The Hall–Kier alpha value is -1.92. The molecular formula is C20H24N2O3S. The first-order valence-corrected chi connectivity index (χ1v) is 10.7. The first kappa shape index (κ1) is 17.5. The average molecular weight is 372 g/mol. The number of hydrogen-bond donors (Lipinski definition) is 0. The van der Waals surface area contributed by atoms with E-state index in [4.69, 9.17) is 4.52 Å². The molecule has 138 valence electrons. The SMILES string of the molecule is Cc1ccc(S(=O)(=O)N2C3CCCC(C=Cc4ccno4)C2CC3)cc1. The molecule has 1 aromatic carbocycles. The molecule has 1 aromatic heterocycles. The van der Waals surface area contributed by atoms with Crippen LogP contribution >= 0.6 is 0 Å². The first-order valence-electron chi connectivity index (χ1n) is 9.25. The minimum atomic E-state index is -3.48. The van der Waals surface area contributed by atoms with E-state index in [1.54, 1.807) is 22.6 Å². The first-order chi connectivity index (χ1) is 12.6. The van der Waals surface area contributed by atoms with E-state index in [-0.39, 0.29) is 18.0 Å². The molecule has 2 bridgehead atoms. The molecule has 0 N–H and O–H groups in total. The van der Waals surface area contributed by atoms with Crippen LogP contribution in [0.5, 0.6) is 0 Å². The standard InChI is InChI=1S/C20H24N2O3S/c1-15-5-10-19(11-6-15)26(23,24)22-17-4-2-3-16(20(22)12-8-17)7-9-18-13-14-21-25-18/h5-7,9-11,13-14,16-17,20H,2-4,8,12H2,1H3. The molecule has 2 aliphatic heterocycles. The predicted molar refractivity (Wildman–Crippen MR) is 99.9 cm³/mol. The molecule has 2 aliphatic rings. The van der Waals surface area contributed by atoms with Gasteiger partial charge in [0.2, 0.25) is 10.0 Å². The number of fused-ring (bicyclic) bond motifs is 2. The highest BCUT2D eigenvalue weighted by Crippen LogP contribution is 2.41. The lowest BCUT2D eigenvalue weighted by Gasteiger charge is -2.30. The monoisotopic (exact) mass is 372 g/mol. The fraction of sp³-hybridized carbons (Fsp3) is 0.450. The molecule has 2 saturated heterocycles. The van der Waals surface area contributed by atoms with Gasteiger partial charge in [0, 0.05) is 18.2 Å². The lowest BCUT2D eigenvalue weighted by Crippen LogP contribution is -2.42. The van der Waals surface area contributed by atoms with Crippen molar-refractivity contribution >= 4 is 16.1 Å². The van der Waals surface area contributed by atoms with Crippen LogP contribution < -0.4 is 0 Å². The van der Waals surface area contributed by atoms with E-state index in [0.29, 0.717) is 10.7 Å². The summed E-state index contributed by atoms with van der Waals surface area (Å²) in [7, 11) is -3.48. The zero-order valence-electron chi connectivity index (χ0n) is 14.9. The molecule has 0 saturated carbocycles. The van der Waals surface area contributed by atoms with E-state index in [2.05, 4.69) is 11.2 Å². The maximum atomic E-state index is 13.4. The van der Waals surface area contributed by atoms with Gasteiger partial charge in [0.15, 0.2) is 5.76 Å². The highest BCUT2D eigenvalue weighted by molar-refractivity contribution is 7.89. The van der Waals surface area contributed by atoms with Gasteiger partial charge in [0.1, 0.15) is 0 Å². The number of sulfonamides is 1. The largest absolute Gasteiger partial charge is 0.357 e. The molecule has 26 heavy (non-hydrogen) atoms. The molecule has 4 rings (SSSR count). The van der Waals surface area contributed by atoms with Crippen LogP contribution in [-0.4, -0.2) is 30.0 Å². The summed E-state index contributed by atoms with van der Waals surface area (Å²) >= 11 is 0. The smallest absolute Gasteiger partial charge is 0.243 e. The van der Waals surface area contributed by atoms with Crippen molar-refractivity contribution in [3.63, 3.8) is 0 Å². The van der Waals surface area contributed by atoms with Crippen LogP contribution in [0.4, 0.5) is 0 Å².